The summed E-state index contributed by atoms with van der Waals surface area (Å²) >= 11 is -0.610. The molecule has 0 radical (unpaired) electrons. The van der Waals surface area contributed by atoms with Gasteiger partial charge in [0.05, 0.1) is 0 Å². The van der Waals surface area contributed by atoms with Crippen LogP contribution in [0.4, 0.5) is 0 Å². The summed E-state index contributed by atoms with van der Waals surface area (Å²) in [5, 5.41) is 0. The molecule has 0 N–H and O–H groups in total. The minimum atomic E-state index is -0.610. The molecule has 136 valence electrons. The van der Waals surface area contributed by atoms with Gasteiger partial charge in [-0.1, -0.05) is 0 Å². The molecule has 0 saturated heterocycles. The second-order valence-corrected chi connectivity index (χ2v) is 8.10. The molecular formula is C22H24Cl2OTi. The summed E-state index contributed by atoms with van der Waals surface area (Å²) in [5.74, 6) is 0.506. The molecule has 2 aromatic carbocycles. The smallest absolute Gasteiger partial charge is 1.00 e. The van der Waals surface area contributed by atoms with Gasteiger partial charge in [-0.25, -0.2) is 0 Å². The number of halogens is 2. The maximum absolute atomic E-state index is 6.12. The van der Waals surface area contributed by atoms with Crippen molar-refractivity contribution in [2.24, 2.45) is 5.92 Å². The zero-order valence-electron chi connectivity index (χ0n) is 15.6. The summed E-state index contributed by atoms with van der Waals surface area (Å²) in [6.07, 6.45) is 0. The van der Waals surface area contributed by atoms with Crippen molar-refractivity contribution in [1.82, 2.24) is 0 Å². The van der Waals surface area contributed by atoms with E-state index < -0.39 is 19.5 Å². The van der Waals surface area contributed by atoms with Crippen molar-refractivity contribution in [2.75, 3.05) is 0 Å². The molecule has 1 atom stereocenters. The molecular weight excluding hydrogens is 399 g/mol. The van der Waals surface area contributed by atoms with Crippen molar-refractivity contribution in [3.05, 3.63) is 82.4 Å². The van der Waals surface area contributed by atoms with Crippen LogP contribution in [0.1, 0.15) is 38.8 Å². The van der Waals surface area contributed by atoms with Crippen molar-refractivity contribution in [1.29, 1.82) is 0 Å². The van der Waals surface area contributed by atoms with Gasteiger partial charge in [-0.2, -0.15) is 0 Å². The van der Waals surface area contributed by atoms with E-state index in [1.54, 1.807) is 0 Å². The fraction of sp³-hybridized carbons (Fsp3) is 0.273. The summed E-state index contributed by atoms with van der Waals surface area (Å²) in [7, 11) is 0. The van der Waals surface area contributed by atoms with Crippen molar-refractivity contribution >= 4 is 9.44 Å². The van der Waals surface area contributed by atoms with E-state index in [2.05, 4.69) is 76.2 Å². The molecule has 0 saturated carbocycles. The minimum Gasteiger partial charge on any atom is -1.00 e. The van der Waals surface area contributed by atoms with Crippen LogP contribution in [0.5, 0.6) is 0 Å². The second-order valence-electron chi connectivity index (χ2n) is 6.49. The van der Waals surface area contributed by atoms with E-state index >= 15 is 0 Å². The summed E-state index contributed by atoms with van der Waals surface area (Å²) in [4.78, 5) is 0. The standard InChI is InChI=1S/C15H17.C7H7O.2ClH.Ti/c1-10-11(2)13(4)15(12(10)3)14-8-6-5-7-9-14;8-6-7-4-2-1-3-5-7;;;/h5-8,12H,1-4H3;1-5H,6H2;2*1H;/q;-1;;;+3/p-2. The van der Waals surface area contributed by atoms with Crippen LogP contribution in [0.3, 0.4) is 0 Å². The quantitative estimate of drug-likeness (QED) is 0.578. The van der Waals surface area contributed by atoms with E-state index in [1.807, 2.05) is 6.07 Å². The molecule has 0 fully saturated rings. The third-order valence-corrected chi connectivity index (χ3v) is 6.60. The SMILES string of the molecule is CC1=C(C)C(C)C(c2cccc[c]2[Ti+2][O]Cc2ccccc2)=C1C.[Cl-].[Cl-]. The molecule has 4 heteroatoms. The van der Waals surface area contributed by atoms with E-state index in [9.17, 15) is 0 Å². The van der Waals surface area contributed by atoms with Crippen LogP contribution in [0.25, 0.3) is 5.57 Å². The van der Waals surface area contributed by atoms with E-state index in [-0.39, 0.29) is 24.8 Å². The van der Waals surface area contributed by atoms with Crippen molar-refractivity contribution in [3.8, 4) is 0 Å². The van der Waals surface area contributed by atoms with Crippen LogP contribution in [0.2, 0.25) is 0 Å². The van der Waals surface area contributed by atoms with Gasteiger partial charge in [0.1, 0.15) is 0 Å². The molecule has 0 spiro atoms. The van der Waals surface area contributed by atoms with Crippen LogP contribution in [0.15, 0.2) is 71.3 Å². The fourth-order valence-electron chi connectivity index (χ4n) is 3.38. The van der Waals surface area contributed by atoms with Gasteiger partial charge in [-0.15, -0.1) is 0 Å². The summed E-state index contributed by atoms with van der Waals surface area (Å²) in [5.41, 5.74) is 8.54. The van der Waals surface area contributed by atoms with Crippen LogP contribution in [-0.2, 0) is 29.5 Å². The van der Waals surface area contributed by atoms with Crippen molar-refractivity contribution in [3.63, 3.8) is 0 Å². The molecule has 2 aromatic rings. The van der Waals surface area contributed by atoms with Gasteiger partial charge in [0, 0.05) is 0 Å². The van der Waals surface area contributed by atoms with Gasteiger partial charge >= 0.3 is 155 Å². The first-order valence-corrected chi connectivity index (χ1v) is 9.91. The number of rotatable bonds is 5. The molecule has 1 aliphatic rings. The molecule has 0 amide bonds. The average Bonchev–Trinajstić information content (AvgIpc) is 2.80. The third-order valence-electron chi connectivity index (χ3n) is 5.12. The fourth-order valence-corrected chi connectivity index (χ4v) is 4.76. The predicted molar refractivity (Wildman–Crippen MR) is 97.4 cm³/mol. The van der Waals surface area contributed by atoms with Crippen LogP contribution in [-0.4, -0.2) is 0 Å². The Balaban J connectivity index is 0.00000169. The van der Waals surface area contributed by atoms with E-state index in [4.69, 9.17) is 3.32 Å². The molecule has 0 bridgehead atoms. The Bertz CT molecular complexity index is 797. The van der Waals surface area contributed by atoms with Gasteiger partial charge in [0.15, 0.2) is 0 Å². The number of hydrogen-bond donors (Lipinski definition) is 0. The van der Waals surface area contributed by atoms with Gasteiger partial charge in [-0.3, -0.25) is 0 Å². The normalized spacial score (nSPS) is 16.1. The Morgan fingerprint density at radius 1 is 0.846 bits per heavy atom. The Morgan fingerprint density at radius 2 is 1.46 bits per heavy atom. The summed E-state index contributed by atoms with van der Waals surface area (Å²) in [6.45, 7) is 9.81. The Labute approximate surface area is 179 Å². The molecule has 1 unspecified atom stereocenters. The first-order valence-electron chi connectivity index (χ1n) is 8.49. The first kappa shape index (κ1) is 23.2. The van der Waals surface area contributed by atoms with Gasteiger partial charge in [-0.05, 0) is 0 Å². The van der Waals surface area contributed by atoms with Crippen molar-refractivity contribution < 1.29 is 47.7 Å². The summed E-state index contributed by atoms with van der Waals surface area (Å²) in [6, 6.07) is 19.2. The number of benzene rings is 2. The molecule has 1 nitrogen and oxygen atoms in total. The Kier molecular flexibility index (Phi) is 9.37. The zero-order chi connectivity index (χ0) is 17.1. The van der Waals surface area contributed by atoms with Gasteiger partial charge in [0.2, 0.25) is 0 Å². The largest absolute Gasteiger partial charge is 1.00 e. The molecule has 3 rings (SSSR count). The Hall–Kier alpha value is -0.826. The van der Waals surface area contributed by atoms with E-state index in [0.717, 1.165) is 0 Å². The number of allylic oxidation sites excluding steroid dienone is 4. The number of hydrogen-bond acceptors (Lipinski definition) is 1. The average molecular weight is 423 g/mol. The predicted octanol–water partition coefficient (Wildman–Crippen LogP) is -0.706. The minimum absolute atomic E-state index is 0. The van der Waals surface area contributed by atoms with Crippen LogP contribution >= 0.6 is 0 Å². The molecule has 1 aliphatic carbocycles. The van der Waals surface area contributed by atoms with Crippen LogP contribution in [0, 0.1) is 5.92 Å². The van der Waals surface area contributed by atoms with E-state index in [1.165, 1.54) is 37.3 Å². The zero-order valence-corrected chi connectivity index (χ0v) is 18.7. The summed E-state index contributed by atoms with van der Waals surface area (Å²) < 4.78 is 7.52. The molecule has 26 heavy (non-hydrogen) atoms. The molecule has 0 heterocycles. The topological polar surface area (TPSA) is 9.23 Å². The molecule has 0 aliphatic heterocycles. The maximum Gasteiger partial charge on any atom is -1.00 e. The molecule has 0 aromatic heterocycles. The van der Waals surface area contributed by atoms with Gasteiger partial charge < -0.3 is 24.8 Å². The van der Waals surface area contributed by atoms with E-state index in [0.29, 0.717) is 12.5 Å². The second kappa shape index (κ2) is 10.5. The monoisotopic (exact) mass is 422 g/mol. The van der Waals surface area contributed by atoms with Crippen molar-refractivity contribution in [2.45, 2.75) is 34.3 Å². The van der Waals surface area contributed by atoms with Gasteiger partial charge in [0.25, 0.3) is 0 Å². The first-order chi connectivity index (χ1) is 11.6. The maximum atomic E-state index is 6.12. The van der Waals surface area contributed by atoms with Crippen LogP contribution < -0.4 is 28.7 Å². The Morgan fingerprint density at radius 3 is 2.08 bits per heavy atom. The third kappa shape index (κ3) is 4.91.